The smallest absolute Gasteiger partial charge is 0.311 e. The molecule has 0 aromatic carbocycles. The Morgan fingerprint density at radius 2 is 1.78 bits per heavy atom. The molecule has 1 aliphatic carbocycles. The van der Waals surface area contributed by atoms with E-state index in [1.54, 1.807) is 16.7 Å². The van der Waals surface area contributed by atoms with Crippen LogP contribution in [0.3, 0.4) is 0 Å². The first-order chi connectivity index (χ1) is 17.4. The zero-order chi connectivity index (χ0) is 25.3. The monoisotopic (exact) mass is 516 g/mol. The molecule has 36 heavy (non-hydrogen) atoms. The van der Waals surface area contributed by atoms with E-state index in [-0.39, 0.29) is 30.4 Å². The van der Waals surface area contributed by atoms with Crippen molar-refractivity contribution >= 4 is 29.5 Å². The average molecular weight is 517 g/mol. The van der Waals surface area contributed by atoms with Gasteiger partial charge in [0.25, 0.3) is 0 Å². The maximum atomic E-state index is 14.4. The average Bonchev–Trinajstić information content (AvgIpc) is 3.18. The molecule has 1 N–H and O–H groups in total. The summed E-state index contributed by atoms with van der Waals surface area (Å²) >= 11 is 1.63. The van der Waals surface area contributed by atoms with E-state index in [1.807, 2.05) is 11.8 Å². The zero-order valence-electron chi connectivity index (χ0n) is 21.4. The molecule has 1 unspecified atom stereocenters. The molecule has 3 fully saturated rings. The third-order valence-corrected chi connectivity index (χ3v) is 10.7. The fourth-order valence-corrected chi connectivity index (χ4v) is 9.37. The molecule has 4 heterocycles. The van der Waals surface area contributed by atoms with Crippen LogP contribution in [-0.2, 0) is 19.1 Å². The highest BCUT2D eigenvalue weighted by Gasteiger charge is 2.73. The van der Waals surface area contributed by atoms with Crippen LogP contribution >= 0.6 is 11.8 Å². The summed E-state index contributed by atoms with van der Waals surface area (Å²) in [6.07, 6.45) is 17.8. The molecule has 0 aromatic rings. The van der Waals surface area contributed by atoms with Crippen molar-refractivity contribution in [2.75, 3.05) is 26.3 Å². The second kappa shape index (κ2) is 10.5. The number of fused-ring (bicyclic) bond motifs is 2. The number of carbonyl (C=O) groups excluding carboxylic acids is 3. The number of aliphatic hydroxyl groups is 1. The maximum absolute atomic E-state index is 14.4. The lowest BCUT2D eigenvalue weighted by atomic mass is 9.74. The number of likely N-dealkylation sites (tertiary alicyclic amines) is 1. The number of cyclic esters (lactones) is 1. The molecule has 5 atom stereocenters. The number of hydrogen-bond acceptors (Lipinski definition) is 6. The van der Waals surface area contributed by atoms with Crippen molar-refractivity contribution in [3.05, 3.63) is 24.3 Å². The molecule has 7 nitrogen and oxygen atoms in total. The Bertz CT molecular complexity index is 931. The summed E-state index contributed by atoms with van der Waals surface area (Å²) in [5, 5.41) is 9.13. The Labute approximate surface area is 218 Å². The number of rotatable bonds is 7. The van der Waals surface area contributed by atoms with Gasteiger partial charge in [0.2, 0.25) is 11.8 Å². The molecule has 1 spiro atoms. The summed E-state index contributed by atoms with van der Waals surface area (Å²) in [7, 11) is 0. The number of ether oxygens (including phenoxy) is 1. The quantitative estimate of drug-likeness (QED) is 0.317. The first-order valence-electron chi connectivity index (χ1n) is 13.9. The van der Waals surface area contributed by atoms with E-state index in [2.05, 4.69) is 24.3 Å². The number of nitrogens with zero attached hydrogens (tertiary/aromatic N) is 2. The molecule has 2 saturated heterocycles. The van der Waals surface area contributed by atoms with Crippen LogP contribution in [-0.4, -0.2) is 80.6 Å². The molecule has 4 aliphatic heterocycles. The summed E-state index contributed by atoms with van der Waals surface area (Å²) in [5.74, 6) is -1.59. The van der Waals surface area contributed by atoms with Crippen molar-refractivity contribution in [2.24, 2.45) is 11.8 Å². The van der Waals surface area contributed by atoms with Gasteiger partial charge in [0, 0.05) is 30.5 Å². The van der Waals surface area contributed by atoms with Crippen molar-refractivity contribution in [1.29, 1.82) is 0 Å². The van der Waals surface area contributed by atoms with E-state index in [4.69, 9.17) is 9.84 Å². The molecule has 0 bridgehead atoms. The summed E-state index contributed by atoms with van der Waals surface area (Å²) in [4.78, 5) is 45.8. The molecular formula is C28H40N2O5S. The van der Waals surface area contributed by atoms with Gasteiger partial charge in [0.05, 0.1) is 23.2 Å². The van der Waals surface area contributed by atoms with Crippen molar-refractivity contribution in [3.8, 4) is 0 Å². The molecule has 0 radical (unpaired) electrons. The first kappa shape index (κ1) is 25.8. The van der Waals surface area contributed by atoms with Gasteiger partial charge in [-0.05, 0) is 39.0 Å². The number of hydrogen-bond donors (Lipinski definition) is 1. The predicted molar refractivity (Wildman–Crippen MR) is 139 cm³/mol. The van der Waals surface area contributed by atoms with Gasteiger partial charge in [-0.3, -0.25) is 14.4 Å². The highest BCUT2D eigenvalue weighted by molar-refractivity contribution is 8.02. The molecule has 198 valence electrons. The topological polar surface area (TPSA) is 87.1 Å². The standard InChI is InChI=1S/C28H40N2O5S/c1-27-14-7-10-19-35-26(34)22(27)21-24(32)30(16-8-2-3-9-18-31)23-25(33)29(20-12-5-4-6-13-20)17-11-15-28(21,23)36-27/h7,11,14-15,20-23,31H,2-6,8-10,12-13,16-19H2,1H3/t21-,22-,23?,27+,28-/m0/s1. The van der Waals surface area contributed by atoms with E-state index in [0.717, 1.165) is 51.4 Å². The van der Waals surface area contributed by atoms with Crippen molar-refractivity contribution in [1.82, 2.24) is 9.80 Å². The summed E-state index contributed by atoms with van der Waals surface area (Å²) in [5.41, 5.74) is 0. The highest BCUT2D eigenvalue weighted by Crippen LogP contribution is 2.65. The SMILES string of the molecule is C[C@@]12C=CCCOC(=O)[C@@H]1[C@H]1C(=O)N(CCCCCCO)C3C(=O)N(C4CCCCC4)CC=C[C@@]31S2. The minimum atomic E-state index is -0.782. The van der Waals surface area contributed by atoms with E-state index in [9.17, 15) is 14.4 Å². The van der Waals surface area contributed by atoms with Crippen LogP contribution in [0, 0.1) is 11.8 Å². The Morgan fingerprint density at radius 1 is 1.00 bits per heavy atom. The third-order valence-electron chi connectivity index (χ3n) is 8.87. The van der Waals surface area contributed by atoms with Crippen LogP contribution in [0.25, 0.3) is 0 Å². The van der Waals surface area contributed by atoms with Crippen LogP contribution < -0.4 is 0 Å². The van der Waals surface area contributed by atoms with Gasteiger partial charge in [0.15, 0.2) is 0 Å². The van der Waals surface area contributed by atoms with Gasteiger partial charge in [0.1, 0.15) is 6.04 Å². The van der Waals surface area contributed by atoms with E-state index in [0.29, 0.717) is 26.1 Å². The number of aliphatic hydroxyl groups excluding tert-OH is 1. The highest BCUT2D eigenvalue weighted by atomic mass is 32.2. The largest absolute Gasteiger partial charge is 0.465 e. The molecule has 8 heteroatoms. The minimum Gasteiger partial charge on any atom is -0.465 e. The molecule has 5 aliphatic rings. The lowest BCUT2D eigenvalue weighted by molar-refractivity contribution is -0.154. The normalized spacial score (nSPS) is 36.7. The van der Waals surface area contributed by atoms with Crippen molar-refractivity contribution in [3.63, 3.8) is 0 Å². The predicted octanol–water partition coefficient (Wildman–Crippen LogP) is 3.46. The Balaban J connectivity index is 1.52. The van der Waals surface area contributed by atoms with Crippen LogP contribution in [0.1, 0.15) is 71.1 Å². The molecule has 1 saturated carbocycles. The van der Waals surface area contributed by atoms with Gasteiger partial charge in [-0.25, -0.2) is 0 Å². The second-order valence-electron chi connectivity index (χ2n) is 11.2. The zero-order valence-corrected chi connectivity index (χ0v) is 22.2. The van der Waals surface area contributed by atoms with Gasteiger partial charge in [-0.1, -0.05) is 56.4 Å². The number of carbonyl (C=O) groups is 3. The number of unbranched alkanes of at least 4 members (excludes halogenated alkanes) is 3. The number of esters is 1. The maximum Gasteiger partial charge on any atom is 0.311 e. The Morgan fingerprint density at radius 3 is 2.56 bits per heavy atom. The van der Waals surface area contributed by atoms with Crippen LogP contribution in [0.5, 0.6) is 0 Å². The third kappa shape index (κ3) is 4.32. The van der Waals surface area contributed by atoms with Gasteiger partial charge < -0.3 is 19.6 Å². The lowest BCUT2D eigenvalue weighted by Crippen LogP contribution is -2.55. The summed E-state index contributed by atoms with van der Waals surface area (Å²) in [6.45, 7) is 3.59. The van der Waals surface area contributed by atoms with Crippen LogP contribution in [0.4, 0.5) is 0 Å². The molecule has 0 aromatic heterocycles. The van der Waals surface area contributed by atoms with Gasteiger partial charge in [-0.2, -0.15) is 0 Å². The minimum absolute atomic E-state index is 0.0424. The first-order valence-corrected chi connectivity index (χ1v) is 14.7. The van der Waals surface area contributed by atoms with Crippen molar-refractivity contribution in [2.45, 2.75) is 92.7 Å². The van der Waals surface area contributed by atoms with Crippen molar-refractivity contribution < 1.29 is 24.2 Å². The summed E-state index contributed by atoms with van der Waals surface area (Å²) in [6, 6.07) is -0.392. The van der Waals surface area contributed by atoms with Crippen LogP contribution in [0.2, 0.25) is 0 Å². The molecular weight excluding hydrogens is 476 g/mol. The van der Waals surface area contributed by atoms with Crippen LogP contribution in [0.15, 0.2) is 24.3 Å². The summed E-state index contributed by atoms with van der Waals surface area (Å²) < 4.78 is 4.23. The van der Waals surface area contributed by atoms with Gasteiger partial charge in [-0.15, -0.1) is 11.8 Å². The number of thioether (sulfide) groups is 1. The number of amides is 2. The van der Waals surface area contributed by atoms with E-state index < -0.39 is 27.4 Å². The Kier molecular flexibility index (Phi) is 7.55. The van der Waals surface area contributed by atoms with Gasteiger partial charge >= 0.3 is 5.97 Å². The molecule has 2 amide bonds. The molecule has 5 rings (SSSR count). The van der Waals surface area contributed by atoms with E-state index in [1.165, 1.54) is 6.42 Å². The fraction of sp³-hybridized carbons (Fsp3) is 0.750. The van der Waals surface area contributed by atoms with E-state index >= 15 is 0 Å². The fourth-order valence-electron chi connectivity index (χ4n) is 7.21. The Hall–Kier alpha value is -1.80. The lowest BCUT2D eigenvalue weighted by Gasteiger charge is -2.40. The second-order valence-corrected chi connectivity index (χ2v) is 13.0.